The number of rotatable bonds is 8. The monoisotopic (exact) mass is 311 g/mol. The summed E-state index contributed by atoms with van der Waals surface area (Å²) in [6, 6.07) is 4.50. The van der Waals surface area contributed by atoms with E-state index < -0.39 is 4.92 Å². The number of thioether (sulfide) groups is 1. The highest BCUT2D eigenvalue weighted by Crippen LogP contribution is 2.26. The van der Waals surface area contributed by atoms with Crippen molar-refractivity contribution in [2.45, 2.75) is 25.5 Å². The smallest absolute Gasteiger partial charge is 0.293 e. The number of anilines is 1. The second kappa shape index (κ2) is 8.51. The standard InChI is InChI=1S/C14H21N3O3S/c1-4-15-14(18)11-5-6-12(13(9-11)17(19)20)16-8-7-10(2)21-3/h5-6,9-10,16H,4,7-8H2,1-3H3,(H,15,18). The van der Waals surface area contributed by atoms with Gasteiger partial charge in [-0.15, -0.1) is 0 Å². The molecule has 21 heavy (non-hydrogen) atoms. The molecule has 1 unspecified atom stereocenters. The lowest BCUT2D eigenvalue weighted by molar-refractivity contribution is -0.384. The number of hydrogen-bond acceptors (Lipinski definition) is 5. The molecule has 0 heterocycles. The third-order valence-corrected chi connectivity index (χ3v) is 4.10. The highest BCUT2D eigenvalue weighted by atomic mass is 32.2. The van der Waals surface area contributed by atoms with Crippen molar-refractivity contribution < 1.29 is 9.72 Å². The van der Waals surface area contributed by atoms with Gasteiger partial charge in [0.05, 0.1) is 4.92 Å². The Bertz CT molecular complexity index is 508. The molecule has 6 nitrogen and oxygen atoms in total. The molecule has 0 aliphatic carbocycles. The van der Waals surface area contributed by atoms with Crippen molar-refractivity contribution in [3.8, 4) is 0 Å². The molecular weight excluding hydrogens is 290 g/mol. The SMILES string of the molecule is CCNC(=O)c1ccc(NCCC(C)SC)c([N+](=O)[O-])c1. The number of nitrogens with one attached hydrogen (secondary N) is 2. The first-order valence-corrected chi connectivity index (χ1v) is 8.11. The van der Waals surface area contributed by atoms with Crippen LogP contribution in [0.2, 0.25) is 0 Å². The Labute approximate surface area is 128 Å². The molecule has 0 bridgehead atoms. The molecule has 0 aliphatic rings. The van der Waals surface area contributed by atoms with Crippen LogP contribution < -0.4 is 10.6 Å². The fourth-order valence-electron chi connectivity index (χ4n) is 1.76. The molecule has 1 amide bonds. The van der Waals surface area contributed by atoms with Crippen LogP contribution in [0.1, 0.15) is 30.6 Å². The molecule has 7 heteroatoms. The van der Waals surface area contributed by atoms with E-state index in [-0.39, 0.29) is 11.6 Å². The summed E-state index contributed by atoms with van der Waals surface area (Å²) in [4.78, 5) is 22.4. The van der Waals surface area contributed by atoms with Crippen LogP contribution in [0.15, 0.2) is 18.2 Å². The van der Waals surface area contributed by atoms with E-state index in [1.54, 1.807) is 30.8 Å². The first-order chi connectivity index (χ1) is 9.99. The van der Waals surface area contributed by atoms with Crippen LogP contribution in [0, 0.1) is 10.1 Å². The lowest BCUT2D eigenvalue weighted by Crippen LogP contribution is -2.22. The lowest BCUT2D eigenvalue weighted by Gasteiger charge is -2.11. The maximum atomic E-state index is 11.7. The van der Waals surface area contributed by atoms with Gasteiger partial charge in [-0.05, 0) is 31.7 Å². The number of nitro groups is 1. The zero-order valence-electron chi connectivity index (χ0n) is 12.5. The Hall–Kier alpha value is -1.76. The van der Waals surface area contributed by atoms with Gasteiger partial charge < -0.3 is 10.6 Å². The summed E-state index contributed by atoms with van der Waals surface area (Å²) in [5, 5.41) is 17.3. The number of hydrogen-bond donors (Lipinski definition) is 2. The van der Waals surface area contributed by atoms with Gasteiger partial charge >= 0.3 is 0 Å². The van der Waals surface area contributed by atoms with Crippen molar-refractivity contribution in [3.05, 3.63) is 33.9 Å². The normalized spacial score (nSPS) is 11.8. The number of amides is 1. The van der Waals surface area contributed by atoms with Gasteiger partial charge in [0, 0.05) is 30.0 Å². The highest BCUT2D eigenvalue weighted by molar-refractivity contribution is 7.99. The van der Waals surface area contributed by atoms with Gasteiger partial charge in [-0.25, -0.2) is 0 Å². The summed E-state index contributed by atoms with van der Waals surface area (Å²) in [5.41, 5.74) is 0.670. The third-order valence-electron chi connectivity index (χ3n) is 3.06. The van der Waals surface area contributed by atoms with Gasteiger partial charge in [-0.3, -0.25) is 14.9 Å². The summed E-state index contributed by atoms with van der Waals surface area (Å²) in [7, 11) is 0. The zero-order chi connectivity index (χ0) is 15.8. The van der Waals surface area contributed by atoms with E-state index in [9.17, 15) is 14.9 Å². The molecule has 0 radical (unpaired) electrons. The van der Waals surface area contributed by atoms with Crippen LogP contribution in [0.3, 0.4) is 0 Å². The predicted octanol–water partition coefficient (Wildman–Crippen LogP) is 2.90. The van der Waals surface area contributed by atoms with E-state index in [0.29, 0.717) is 29.6 Å². The fourth-order valence-corrected chi connectivity index (χ4v) is 2.12. The summed E-state index contributed by atoms with van der Waals surface area (Å²) >= 11 is 1.76. The van der Waals surface area contributed by atoms with Crippen molar-refractivity contribution in [1.29, 1.82) is 0 Å². The number of nitro benzene ring substituents is 1. The Morgan fingerprint density at radius 2 is 2.19 bits per heavy atom. The largest absolute Gasteiger partial charge is 0.379 e. The van der Waals surface area contributed by atoms with Crippen LogP contribution >= 0.6 is 11.8 Å². The van der Waals surface area contributed by atoms with Crippen LogP contribution in [-0.4, -0.2) is 35.4 Å². The molecule has 1 aromatic carbocycles. The van der Waals surface area contributed by atoms with E-state index in [0.717, 1.165) is 6.42 Å². The highest BCUT2D eigenvalue weighted by Gasteiger charge is 2.17. The third kappa shape index (κ3) is 5.26. The zero-order valence-corrected chi connectivity index (χ0v) is 13.3. The van der Waals surface area contributed by atoms with E-state index in [2.05, 4.69) is 17.6 Å². The van der Waals surface area contributed by atoms with Gasteiger partial charge in [0.25, 0.3) is 11.6 Å². The van der Waals surface area contributed by atoms with E-state index in [1.165, 1.54) is 6.07 Å². The van der Waals surface area contributed by atoms with Gasteiger partial charge in [0.15, 0.2) is 0 Å². The maximum absolute atomic E-state index is 11.7. The topological polar surface area (TPSA) is 84.3 Å². The van der Waals surface area contributed by atoms with E-state index in [1.807, 2.05) is 6.26 Å². The number of nitrogens with zero attached hydrogens (tertiary/aromatic N) is 1. The summed E-state index contributed by atoms with van der Waals surface area (Å²) in [6.45, 7) is 5.05. The molecule has 116 valence electrons. The average molecular weight is 311 g/mol. The molecular formula is C14H21N3O3S. The molecule has 0 aromatic heterocycles. The molecule has 1 atom stereocenters. The van der Waals surface area contributed by atoms with Crippen molar-refractivity contribution in [2.24, 2.45) is 0 Å². The van der Waals surface area contributed by atoms with Crippen molar-refractivity contribution in [3.63, 3.8) is 0 Å². The summed E-state index contributed by atoms with van der Waals surface area (Å²) in [5.74, 6) is -0.303. The second-order valence-electron chi connectivity index (χ2n) is 4.61. The molecule has 1 rings (SSSR count). The average Bonchev–Trinajstić information content (AvgIpc) is 2.47. The predicted molar refractivity (Wildman–Crippen MR) is 87.2 cm³/mol. The molecule has 1 aromatic rings. The number of carbonyl (C=O) groups is 1. The van der Waals surface area contributed by atoms with Crippen molar-refractivity contribution in [1.82, 2.24) is 5.32 Å². The molecule has 0 spiro atoms. The van der Waals surface area contributed by atoms with Crippen LogP contribution in [-0.2, 0) is 0 Å². The lowest BCUT2D eigenvalue weighted by atomic mass is 10.1. The van der Waals surface area contributed by atoms with Gasteiger partial charge in [0.2, 0.25) is 0 Å². The molecule has 0 fully saturated rings. The van der Waals surface area contributed by atoms with E-state index in [4.69, 9.17) is 0 Å². The molecule has 2 N–H and O–H groups in total. The Balaban J connectivity index is 2.84. The molecule has 0 aliphatic heterocycles. The second-order valence-corrected chi connectivity index (χ2v) is 5.89. The Morgan fingerprint density at radius 3 is 2.76 bits per heavy atom. The van der Waals surface area contributed by atoms with Crippen LogP contribution in [0.4, 0.5) is 11.4 Å². The summed E-state index contributed by atoms with van der Waals surface area (Å²) in [6.07, 6.45) is 2.95. The van der Waals surface area contributed by atoms with Crippen molar-refractivity contribution in [2.75, 3.05) is 24.7 Å². The fraction of sp³-hybridized carbons (Fsp3) is 0.500. The molecule has 0 saturated heterocycles. The number of benzene rings is 1. The first-order valence-electron chi connectivity index (χ1n) is 6.82. The van der Waals surface area contributed by atoms with Crippen LogP contribution in [0.5, 0.6) is 0 Å². The minimum atomic E-state index is -0.469. The maximum Gasteiger partial charge on any atom is 0.293 e. The summed E-state index contributed by atoms with van der Waals surface area (Å²) < 4.78 is 0. The van der Waals surface area contributed by atoms with Crippen molar-refractivity contribution >= 4 is 29.0 Å². The molecule has 0 saturated carbocycles. The van der Waals surface area contributed by atoms with Crippen LogP contribution in [0.25, 0.3) is 0 Å². The van der Waals surface area contributed by atoms with Gasteiger partial charge in [-0.1, -0.05) is 6.92 Å². The first kappa shape index (κ1) is 17.3. The Morgan fingerprint density at radius 1 is 1.48 bits per heavy atom. The quantitative estimate of drug-likeness (QED) is 0.569. The number of carbonyl (C=O) groups excluding carboxylic acids is 1. The van der Waals surface area contributed by atoms with E-state index >= 15 is 0 Å². The minimum Gasteiger partial charge on any atom is -0.379 e. The van der Waals surface area contributed by atoms with Gasteiger partial charge in [0.1, 0.15) is 5.69 Å². The Kier molecular flexibility index (Phi) is 7.01. The minimum absolute atomic E-state index is 0.0736. The van der Waals surface area contributed by atoms with Gasteiger partial charge in [-0.2, -0.15) is 11.8 Å².